The van der Waals surface area contributed by atoms with Gasteiger partial charge in [0.25, 0.3) is 0 Å². The number of carbonyl (C=O) groups is 2. The van der Waals surface area contributed by atoms with Gasteiger partial charge in [0.15, 0.2) is 0 Å². The normalized spacial score (nSPS) is 12.6. The van der Waals surface area contributed by atoms with Gasteiger partial charge in [-0.15, -0.1) is 0 Å². The van der Waals surface area contributed by atoms with Crippen molar-refractivity contribution in [2.75, 3.05) is 13.6 Å². The Morgan fingerprint density at radius 2 is 2.00 bits per heavy atom. The molecule has 7 heteroatoms. The molecule has 1 rings (SSSR count). The lowest BCUT2D eigenvalue weighted by Crippen LogP contribution is -2.32. The number of esters is 1. The zero-order valence-electron chi connectivity index (χ0n) is 10.8. The number of rotatable bonds is 6. The summed E-state index contributed by atoms with van der Waals surface area (Å²) in [6, 6.07) is 5.41. The van der Waals surface area contributed by atoms with Gasteiger partial charge in [-0.2, -0.15) is 0 Å². The maximum atomic E-state index is 12.9. The molecule has 0 aromatic heterocycles. The zero-order chi connectivity index (χ0) is 15.1. The molecule has 0 aliphatic carbocycles. The second kappa shape index (κ2) is 7.37. The van der Waals surface area contributed by atoms with Crippen molar-refractivity contribution in [3.05, 3.63) is 47.8 Å². The summed E-state index contributed by atoms with van der Waals surface area (Å²) in [6.45, 7) is 0.179. The van der Waals surface area contributed by atoms with Gasteiger partial charge < -0.3 is 9.84 Å². The summed E-state index contributed by atoms with van der Waals surface area (Å²) in [6.07, 6.45) is 0.752. The van der Waals surface area contributed by atoms with Crippen molar-refractivity contribution in [3.63, 3.8) is 0 Å². The van der Waals surface area contributed by atoms with Gasteiger partial charge in [0, 0.05) is 19.2 Å². The lowest BCUT2D eigenvalue weighted by atomic mass is 10.1. The first-order chi connectivity index (χ1) is 9.38. The number of benzene rings is 1. The van der Waals surface area contributed by atoms with Crippen LogP contribution in [-0.4, -0.2) is 35.6 Å². The molecule has 0 amide bonds. The predicted octanol–water partition coefficient (Wildman–Crippen LogP) is 0.856. The molecule has 0 fully saturated rings. The number of aliphatic carboxylic acids is 1. The lowest BCUT2D eigenvalue weighted by molar-refractivity contribution is -0.144. The Hall–Kier alpha value is -2.25. The molecule has 3 N–H and O–H groups in total. The van der Waals surface area contributed by atoms with Crippen molar-refractivity contribution < 1.29 is 23.8 Å². The van der Waals surface area contributed by atoms with Crippen LogP contribution in [0.4, 0.5) is 4.39 Å². The summed E-state index contributed by atoms with van der Waals surface area (Å²) >= 11 is 0. The smallest absolute Gasteiger partial charge is 0.331 e. The predicted molar refractivity (Wildman–Crippen MR) is 68.8 cm³/mol. The van der Waals surface area contributed by atoms with Crippen LogP contribution in [0.1, 0.15) is 11.7 Å². The molecule has 0 spiro atoms. The Morgan fingerprint density at radius 1 is 1.40 bits per heavy atom. The van der Waals surface area contributed by atoms with E-state index in [0.29, 0.717) is 11.6 Å². The highest BCUT2D eigenvalue weighted by molar-refractivity contribution is 5.90. The van der Waals surface area contributed by atoms with Crippen LogP contribution in [-0.2, 0) is 14.3 Å². The molecule has 0 saturated heterocycles. The lowest BCUT2D eigenvalue weighted by Gasteiger charge is -2.21. The van der Waals surface area contributed by atoms with E-state index in [0.717, 1.165) is 6.08 Å². The molecule has 1 aromatic rings. The van der Waals surface area contributed by atoms with Crippen molar-refractivity contribution in [1.82, 2.24) is 5.01 Å². The monoisotopic (exact) mass is 282 g/mol. The number of carboxylic acid groups (broad SMARTS) is 1. The highest BCUT2D eigenvalue weighted by atomic mass is 19.1. The van der Waals surface area contributed by atoms with Crippen molar-refractivity contribution in [1.29, 1.82) is 0 Å². The minimum atomic E-state index is -1.25. The molecule has 0 bridgehead atoms. The van der Waals surface area contributed by atoms with E-state index < -0.39 is 23.9 Å². The van der Waals surface area contributed by atoms with E-state index in [4.69, 9.17) is 15.7 Å². The first-order valence-electron chi connectivity index (χ1n) is 5.71. The van der Waals surface area contributed by atoms with Crippen LogP contribution >= 0.6 is 0 Å². The number of hydrogen-bond donors (Lipinski definition) is 2. The largest absolute Gasteiger partial charge is 0.478 e. The van der Waals surface area contributed by atoms with Crippen LogP contribution in [0.5, 0.6) is 0 Å². The summed E-state index contributed by atoms with van der Waals surface area (Å²) in [5.74, 6) is 3.03. The molecule has 0 aliphatic rings. The Balaban J connectivity index is 2.81. The summed E-state index contributed by atoms with van der Waals surface area (Å²) in [5, 5.41) is 9.73. The number of ether oxygens (including phenoxy) is 1. The summed E-state index contributed by atoms with van der Waals surface area (Å²) in [5.41, 5.74) is 0.556. The number of halogens is 1. The molecular formula is C13H15FN2O4. The molecule has 108 valence electrons. The Labute approximate surface area is 115 Å². The van der Waals surface area contributed by atoms with Gasteiger partial charge in [-0.25, -0.2) is 19.0 Å². The van der Waals surface area contributed by atoms with E-state index in [-0.39, 0.29) is 6.54 Å². The fourth-order valence-corrected chi connectivity index (χ4v) is 1.47. The third kappa shape index (κ3) is 5.59. The number of likely N-dealkylation sites (N-methyl/N-ethyl adjacent to an activating group) is 1. The van der Waals surface area contributed by atoms with Crippen molar-refractivity contribution in [2.24, 2.45) is 5.84 Å². The molecule has 6 nitrogen and oxygen atoms in total. The summed E-state index contributed by atoms with van der Waals surface area (Å²) < 4.78 is 18.0. The van der Waals surface area contributed by atoms with Gasteiger partial charge in [-0.05, 0) is 17.7 Å². The Bertz CT molecular complexity index is 500. The third-order valence-electron chi connectivity index (χ3n) is 2.32. The summed E-state index contributed by atoms with van der Waals surface area (Å²) in [7, 11) is 1.58. The zero-order valence-corrected chi connectivity index (χ0v) is 10.8. The molecule has 1 unspecified atom stereocenters. The summed E-state index contributed by atoms with van der Waals surface area (Å²) in [4.78, 5) is 21.8. The van der Waals surface area contributed by atoms with Crippen molar-refractivity contribution in [2.45, 2.75) is 6.10 Å². The highest BCUT2D eigenvalue weighted by Gasteiger charge is 2.17. The molecule has 0 heterocycles. The van der Waals surface area contributed by atoms with E-state index in [2.05, 4.69) is 0 Å². The average molecular weight is 282 g/mol. The molecule has 1 atom stereocenters. The van der Waals surface area contributed by atoms with Gasteiger partial charge in [-0.3, -0.25) is 5.84 Å². The van der Waals surface area contributed by atoms with Crippen molar-refractivity contribution >= 4 is 11.9 Å². The van der Waals surface area contributed by atoms with Gasteiger partial charge in [-0.1, -0.05) is 12.1 Å². The maximum Gasteiger partial charge on any atom is 0.331 e. The fourth-order valence-electron chi connectivity index (χ4n) is 1.47. The second-order valence-electron chi connectivity index (χ2n) is 4.09. The van der Waals surface area contributed by atoms with Crippen LogP contribution in [0.25, 0.3) is 0 Å². The van der Waals surface area contributed by atoms with Gasteiger partial charge in [0.1, 0.15) is 11.9 Å². The SMILES string of the molecule is CN(N)CC(OC(=O)/C=C\C(=O)O)c1ccc(F)cc1. The average Bonchev–Trinajstić information content (AvgIpc) is 2.36. The standard InChI is InChI=1S/C13H15FN2O4/c1-16(15)8-11(9-2-4-10(14)5-3-9)20-13(19)7-6-12(17)18/h2-7,11H,8,15H2,1H3,(H,17,18)/b7-6-. The minimum Gasteiger partial charge on any atom is -0.478 e. The number of nitrogens with zero attached hydrogens (tertiary/aromatic N) is 1. The van der Waals surface area contributed by atoms with Crippen molar-refractivity contribution in [3.8, 4) is 0 Å². The fraction of sp³-hybridized carbons (Fsp3) is 0.231. The molecule has 20 heavy (non-hydrogen) atoms. The number of nitrogens with two attached hydrogens (primary N) is 1. The molecular weight excluding hydrogens is 267 g/mol. The Kier molecular flexibility index (Phi) is 5.82. The van der Waals surface area contributed by atoms with E-state index in [1.165, 1.54) is 29.3 Å². The minimum absolute atomic E-state index is 0.179. The first kappa shape index (κ1) is 15.8. The number of carboxylic acids is 1. The number of hydrazine groups is 1. The van der Waals surface area contributed by atoms with Gasteiger partial charge >= 0.3 is 11.9 Å². The van der Waals surface area contributed by atoms with E-state index in [1.807, 2.05) is 0 Å². The first-order valence-corrected chi connectivity index (χ1v) is 5.71. The molecule has 0 radical (unpaired) electrons. The van der Waals surface area contributed by atoms with Crippen LogP contribution in [0.15, 0.2) is 36.4 Å². The third-order valence-corrected chi connectivity index (χ3v) is 2.32. The van der Waals surface area contributed by atoms with Gasteiger partial charge in [0.2, 0.25) is 0 Å². The molecule has 1 aromatic carbocycles. The van der Waals surface area contributed by atoms with E-state index in [9.17, 15) is 14.0 Å². The number of carbonyl (C=O) groups excluding carboxylic acids is 1. The van der Waals surface area contributed by atoms with E-state index in [1.54, 1.807) is 7.05 Å². The van der Waals surface area contributed by atoms with Crippen LogP contribution in [0.3, 0.4) is 0 Å². The van der Waals surface area contributed by atoms with Gasteiger partial charge in [0.05, 0.1) is 6.54 Å². The maximum absolute atomic E-state index is 12.9. The second-order valence-corrected chi connectivity index (χ2v) is 4.09. The Morgan fingerprint density at radius 3 is 2.50 bits per heavy atom. The quantitative estimate of drug-likeness (QED) is 0.348. The van der Waals surface area contributed by atoms with Crippen LogP contribution < -0.4 is 5.84 Å². The number of hydrogen-bond acceptors (Lipinski definition) is 5. The van der Waals surface area contributed by atoms with Crippen LogP contribution in [0.2, 0.25) is 0 Å². The van der Waals surface area contributed by atoms with E-state index >= 15 is 0 Å². The van der Waals surface area contributed by atoms with Crippen LogP contribution in [0, 0.1) is 5.82 Å². The highest BCUT2D eigenvalue weighted by Crippen LogP contribution is 2.18. The molecule has 0 aliphatic heterocycles. The molecule has 0 saturated carbocycles. The topological polar surface area (TPSA) is 92.9 Å².